The lowest BCUT2D eigenvalue weighted by molar-refractivity contribution is 0.0800. The van der Waals surface area contributed by atoms with E-state index in [0.717, 1.165) is 4.90 Å². The van der Waals surface area contributed by atoms with Crippen LogP contribution in [0.5, 0.6) is 0 Å². The van der Waals surface area contributed by atoms with Crippen LogP contribution in [0, 0.1) is 0 Å². The third kappa shape index (κ3) is 7.14. The second-order valence-corrected chi connectivity index (χ2v) is 7.45. The standard InChI is InChI=1S/C13H22N2O3S2/c1-3-18-11(2)10-15-20(16,17)9-8-19-13-6-4-12(14)5-7-13/h4-7,11,15H,3,8-10,14H2,1-2H3. The van der Waals surface area contributed by atoms with Gasteiger partial charge in [0.05, 0.1) is 11.9 Å². The maximum Gasteiger partial charge on any atom is 0.212 e. The summed E-state index contributed by atoms with van der Waals surface area (Å²) in [7, 11) is -3.25. The van der Waals surface area contributed by atoms with E-state index < -0.39 is 10.0 Å². The predicted molar refractivity (Wildman–Crippen MR) is 84.5 cm³/mol. The summed E-state index contributed by atoms with van der Waals surface area (Å²) in [4.78, 5) is 1.01. The molecule has 7 heteroatoms. The number of nitrogen functional groups attached to an aromatic ring is 1. The highest BCUT2D eigenvalue weighted by Gasteiger charge is 2.12. The summed E-state index contributed by atoms with van der Waals surface area (Å²) in [5, 5.41) is 0. The molecule has 0 aliphatic heterocycles. The normalized spacial score (nSPS) is 13.3. The molecule has 114 valence electrons. The number of nitrogens with two attached hydrogens (primary N) is 1. The van der Waals surface area contributed by atoms with Crippen LogP contribution in [0.4, 0.5) is 5.69 Å². The molecular weight excluding hydrogens is 296 g/mol. The average Bonchev–Trinajstić information content (AvgIpc) is 2.39. The number of ether oxygens (including phenoxy) is 1. The van der Waals surface area contributed by atoms with E-state index in [1.54, 1.807) is 12.1 Å². The van der Waals surface area contributed by atoms with Crippen LogP contribution in [0.15, 0.2) is 29.2 Å². The Morgan fingerprint density at radius 2 is 2.00 bits per heavy atom. The van der Waals surface area contributed by atoms with E-state index in [0.29, 0.717) is 24.6 Å². The van der Waals surface area contributed by atoms with Gasteiger partial charge in [0.25, 0.3) is 0 Å². The first kappa shape index (κ1) is 17.3. The molecule has 0 amide bonds. The van der Waals surface area contributed by atoms with E-state index in [4.69, 9.17) is 10.5 Å². The van der Waals surface area contributed by atoms with Crippen LogP contribution in [0.3, 0.4) is 0 Å². The fraction of sp³-hybridized carbons (Fsp3) is 0.538. The molecular formula is C13H22N2O3S2. The first-order valence-corrected chi connectivity index (χ1v) is 9.14. The van der Waals surface area contributed by atoms with Gasteiger partial charge in [-0.05, 0) is 38.1 Å². The Hall–Kier alpha value is -0.760. The number of hydrogen-bond acceptors (Lipinski definition) is 5. The van der Waals surface area contributed by atoms with Crippen molar-refractivity contribution in [3.05, 3.63) is 24.3 Å². The van der Waals surface area contributed by atoms with Crippen LogP contribution in [-0.4, -0.2) is 39.2 Å². The molecule has 0 aliphatic rings. The molecule has 0 fully saturated rings. The zero-order chi connectivity index (χ0) is 15.0. The summed E-state index contributed by atoms with van der Waals surface area (Å²) >= 11 is 1.49. The molecule has 0 saturated heterocycles. The van der Waals surface area contributed by atoms with Gasteiger partial charge >= 0.3 is 0 Å². The molecule has 0 aliphatic carbocycles. The Kier molecular flexibility index (Phi) is 7.36. The lowest BCUT2D eigenvalue weighted by Gasteiger charge is -2.12. The molecule has 0 spiro atoms. The molecule has 1 atom stereocenters. The second kappa shape index (κ2) is 8.51. The molecule has 0 saturated carbocycles. The monoisotopic (exact) mass is 318 g/mol. The molecule has 1 aromatic carbocycles. The van der Waals surface area contributed by atoms with Crippen LogP contribution >= 0.6 is 11.8 Å². The van der Waals surface area contributed by atoms with Crippen LogP contribution in [0.1, 0.15) is 13.8 Å². The van der Waals surface area contributed by atoms with Gasteiger partial charge in [0.1, 0.15) is 0 Å². The van der Waals surface area contributed by atoms with Crippen molar-refractivity contribution in [3.8, 4) is 0 Å². The summed E-state index contributed by atoms with van der Waals surface area (Å²) in [6.45, 7) is 4.61. The average molecular weight is 318 g/mol. The Bertz CT molecular complexity index is 489. The summed E-state index contributed by atoms with van der Waals surface area (Å²) in [5.74, 6) is 0.586. The van der Waals surface area contributed by atoms with Gasteiger partial charge in [-0.15, -0.1) is 11.8 Å². The Balaban J connectivity index is 2.30. The lowest BCUT2D eigenvalue weighted by Crippen LogP contribution is -2.34. The molecule has 0 heterocycles. The molecule has 0 aromatic heterocycles. The van der Waals surface area contributed by atoms with Crippen LogP contribution in [0.25, 0.3) is 0 Å². The van der Waals surface area contributed by atoms with E-state index in [2.05, 4.69) is 4.72 Å². The van der Waals surface area contributed by atoms with Gasteiger partial charge in [-0.2, -0.15) is 0 Å². The van der Waals surface area contributed by atoms with Gasteiger partial charge < -0.3 is 10.5 Å². The number of nitrogens with one attached hydrogen (secondary N) is 1. The summed E-state index contributed by atoms with van der Waals surface area (Å²) < 4.78 is 31.4. The molecule has 0 bridgehead atoms. The van der Waals surface area contributed by atoms with Crippen molar-refractivity contribution in [2.75, 3.05) is 30.4 Å². The first-order valence-electron chi connectivity index (χ1n) is 6.50. The summed E-state index contributed by atoms with van der Waals surface area (Å²) in [6, 6.07) is 7.38. The molecule has 1 rings (SSSR count). The van der Waals surface area contributed by atoms with Crippen molar-refractivity contribution < 1.29 is 13.2 Å². The van der Waals surface area contributed by atoms with E-state index in [-0.39, 0.29) is 11.9 Å². The van der Waals surface area contributed by atoms with Crippen molar-refractivity contribution in [3.63, 3.8) is 0 Å². The van der Waals surface area contributed by atoms with Crippen LogP contribution < -0.4 is 10.5 Å². The fourth-order valence-electron chi connectivity index (χ4n) is 1.49. The SMILES string of the molecule is CCOC(C)CNS(=O)(=O)CCSc1ccc(N)cc1. The van der Waals surface area contributed by atoms with Gasteiger partial charge in [-0.25, -0.2) is 13.1 Å². The van der Waals surface area contributed by atoms with E-state index in [1.807, 2.05) is 26.0 Å². The Labute approximate surface area is 125 Å². The zero-order valence-electron chi connectivity index (χ0n) is 11.8. The largest absolute Gasteiger partial charge is 0.399 e. The van der Waals surface area contributed by atoms with Crippen molar-refractivity contribution >= 4 is 27.5 Å². The van der Waals surface area contributed by atoms with Gasteiger partial charge in [-0.3, -0.25) is 0 Å². The van der Waals surface area contributed by atoms with E-state index >= 15 is 0 Å². The third-order valence-corrected chi connectivity index (χ3v) is 5.16. The molecule has 0 radical (unpaired) electrons. The minimum Gasteiger partial charge on any atom is -0.399 e. The number of anilines is 1. The molecule has 3 N–H and O–H groups in total. The van der Waals surface area contributed by atoms with E-state index in [9.17, 15) is 8.42 Å². The Morgan fingerprint density at radius 3 is 2.60 bits per heavy atom. The quantitative estimate of drug-likeness (QED) is 0.535. The first-order chi connectivity index (χ1) is 9.43. The Morgan fingerprint density at radius 1 is 1.35 bits per heavy atom. The van der Waals surface area contributed by atoms with Crippen molar-refractivity contribution in [1.82, 2.24) is 4.72 Å². The molecule has 20 heavy (non-hydrogen) atoms. The number of thioether (sulfide) groups is 1. The van der Waals surface area contributed by atoms with Crippen molar-refractivity contribution in [2.24, 2.45) is 0 Å². The minimum absolute atomic E-state index is 0.0842. The van der Waals surface area contributed by atoms with Crippen LogP contribution in [0.2, 0.25) is 0 Å². The van der Waals surface area contributed by atoms with Gasteiger partial charge in [0, 0.05) is 29.5 Å². The van der Waals surface area contributed by atoms with E-state index in [1.165, 1.54) is 11.8 Å². The number of sulfonamides is 1. The number of hydrogen-bond donors (Lipinski definition) is 2. The lowest BCUT2D eigenvalue weighted by atomic mass is 10.3. The molecule has 1 aromatic rings. The predicted octanol–water partition coefficient (Wildman–Crippen LogP) is 1.71. The number of rotatable bonds is 9. The highest BCUT2D eigenvalue weighted by molar-refractivity contribution is 8.00. The second-order valence-electron chi connectivity index (χ2n) is 4.35. The van der Waals surface area contributed by atoms with Gasteiger partial charge in [0.2, 0.25) is 10.0 Å². The maximum absolute atomic E-state index is 11.8. The van der Waals surface area contributed by atoms with Crippen molar-refractivity contribution in [2.45, 2.75) is 24.8 Å². The maximum atomic E-state index is 11.8. The fourth-order valence-corrected chi connectivity index (χ4v) is 3.90. The highest BCUT2D eigenvalue weighted by Crippen LogP contribution is 2.19. The molecule has 1 unspecified atom stereocenters. The van der Waals surface area contributed by atoms with Gasteiger partial charge in [-0.1, -0.05) is 0 Å². The number of benzene rings is 1. The summed E-state index contributed by atoms with van der Waals surface area (Å²) in [5.41, 5.74) is 6.29. The van der Waals surface area contributed by atoms with Crippen LogP contribution in [-0.2, 0) is 14.8 Å². The smallest absolute Gasteiger partial charge is 0.212 e. The van der Waals surface area contributed by atoms with Crippen molar-refractivity contribution in [1.29, 1.82) is 0 Å². The van der Waals surface area contributed by atoms with Gasteiger partial charge in [0.15, 0.2) is 0 Å². The zero-order valence-corrected chi connectivity index (χ0v) is 13.5. The third-order valence-electron chi connectivity index (χ3n) is 2.54. The molecule has 5 nitrogen and oxygen atoms in total. The highest BCUT2D eigenvalue weighted by atomic mass is 32.2. The minimum atomic E-state index is -3.25. The summed E-state index contributed by atoms with van der Waals surface area (Å²) in [6.07, 6.45) is -0.112. The topological polar surface area (TPSA) is 81.4 Å².